The van der Waals surface area contributed by atoms with Crippen LogP contribution in [0.3, 0.4) is 0 Å². The Balaban J connectivity index is 4.19. The van der Waals surface area contributed by atoms with E-state index in [2.05, 4.69) is 100 Å². The molecule has 0 aliphatic carbocycles. The number of nitrogens with two attached hydrogens (primary N) is 9. The van der Waals surface area contributed by atoms with Crippen molar-refractivity contribution >= 4 is 124 Å². The summed E-state index contributed by atoms with van der Waals surface area (Å²) in [7, 11) is 0. The summed E-state index contributed by atoms with van der Waals surface area (Å²) < 4.78 is 0. The molecular weight excluding hydrogens is 1790 g/mol. The number of carbonyl (C=O) groups is 18. The van der Waals surface area contributed by atoms with Crippen molar-refractivity contribution in [3.05, 3.63) is 12.2 Å². The fourth-order valence-electron chi connectivity index (χ4n) is 14.4. The normalized spacial score (nSPS) is 21.6. The minimum Gasteiger partial charge on any atom is -0.481 e. The van der Waals surface area contributed by atoms with Gasteiger partial charge in [0.2, 0.25) is 100 Å². The van der Waals surface area contributed by atoms with Crippen molar-refractivity contribution in [3.8, 4) is 0 Å². The van der Waals surface area contributed by atoms with Gasteiger partial charge in [0.15, 0.2) is 17.9 Å². The van der Waals surface area contributed by atoms with E-state index >= 15 is 4.79 Å². The quantitative estimate of drug-likeness (QED) is 0.0117. The highest BCUT2D eigenvalue weighted by molar-refractivity contribution is 6.02. The van der Waals surface area contributed by atoms with Crippen LogP contribution in [0.1, 0.15) is 263 Å². The summed E-state index contributed by atoms with van der Waals surface area (Å²) in [5, 5.41) is 73.9. The summed E-state index contributed by atoms with van der Waals surface area (Å²) in [6.45, 7) is 17.5. The first-order chi connectivity index (χ1) is 64.4. The Hall–Kier alpha value is -12.1. The Morgan fingerprint density at radius 3 is 1.45 bits per heavy atom. The predicted molar refractivity (Wildman–Crippen MR) is 512 cm³/mol. The molecule has 17 amide bonds. The zero-order valence-corrected chi connectivity index (χ0v) is 81.7. The van der Waals surface area contributed by atoms with Crippen LogP contribution in [0, 0.1) is 11.8 Å². The number of aliphatic carboxylic acids is 1. The van der Waals surface area contributed by atoms with Crippen LogP contribution in [0.4, 0.5) is 0 Å². The Bertz CT molecular complexity index is 4050. The minimum atomic E-state index is -2.06. The molecule has 17 atom stereocenters. The molecule has 49 nitrogen and oxygen atoms in total. The summed E-state index contributed by atoms with van der Waals surface area (Å²) in [6.07, 6.45) is 3.10. The van der Waals surface area contributed by atoms with Crippen molar-refractivity contribution in [3.63, 3.8) is 0 Å². The van der Waals surface area contributed by atoms with Crippen molar-refractivity contribution in [2.24, 2.45) is 78.4 Å². The highest BCUT2D eigenvalue weighted by Crippen LogP contribution is 2.22. The van der Waals surface area contributed by atoms with Gasteiger partial charge in [0.1, 0.15) is 89.6 Å². The maximum atomic E-state index is 15.1. The van der Waals surface area contributed by atoms with Crippen molar-refractivity contribution in [2.75, 3.05) is 39.3 Å². The van der Waals surface area contributed by atoms with Gasteiger partial charge in [-0.2, -0.15) is 0 Å². The van der Waals surface area contributed by atoms with E-state index in [0.29, 0.717) is 57.8 Å². The number of rotatable bonds is 50. The second-order valence-corrected chi connectivity index (χ2v) is 35.8. The summed E-state index contributed by atoms with van der Waals surface area (Å²) >= 11 is 0. The average molecular weight is 1950 g/mol. The number of primary amides is 1. The van der Waals surface area contributed by atoms with Gasteiger partial charge in [0, 0.05) is 45.9 Å². The zero-order chi connectivity index (χ0) is 104. The lowest BCUT2D eigenvalue weighted by atomic mass is 9.91. The van der Waals surface area contributed by atoms with Gasteiger partial charge in [0.05, 0.1) is 12.2 Å². The standard InChI is InChI=1S/C88H160N28O21/c1-13-14-31-56(74(128)110-63(69(91)123)48-49(2)3)106-75(129)62(37-38-65(121)122)108-73(127)59(35-29-45-100-85(94)95)109-80(134)67(53(8)117)113-76(130)57(32-22-26-42-89)104-71(125)52(7)103-82(136)88(12)41-25-21-19-17-15-16-18-20-24-40-87(11,115-64(120)39-47-98-55(10)119)83(137)111-61(33-23-27-43-90)78(132)112-66(50(4)5)79(133)102-51(6)70(124)105-58(34-28-44-99-84(92)93)72(126)107-60(36-30-46-101-86(96)97)77(131)114-68(54(9)118)81(135)116-88/h17,19,49-54,56-63,66-68,117-118H,13-16,18,20-48,89-90H2,1-12H3,(H2,91,123)(H,98,119)(H,102,133)(H,103,136)(H,104,125)(H,105,124)(H,106,129)(H,107,126)(H,108,127)(H,109,134)(H,110,128)(H,111,137)(H,112,132)(H,113,130)(H,114,131)(H,115,120)(H,116,135)(H,121,122)(H4,92,93,99)(H4,94,95,100)(H4,96,97,101)/b19-17-/t51-,52-,53?,54+,56-,57-,58-,59-,60-,61-,62-,63-,66-,67-,68-,87-,88-/m0/s1. The first kappa shape index (κ1) is 123. The molecule has 1 aliphatic rings. The average Bonchev–Trinajstić information content (AvgIpc) is 0.819. The summed E-state index contributed by atoms with van der Waals surface area (Å²) in [4.78, 5) is 265. The van der Waals surface area contributed by atoms with Gasteiger partial charge in [-0.1, -0.05) is 78.9 Å². The van der Waals surface area contributed by atoms with Gasteiger partial charge >= 0.3 is 5.97 Å². The highest BCUT2D eigenvalue weighted by Gasteiger charge is 2.44. The molecule has 0 aromatic heterocycles. The molecule has 0 bridgehead atoms. The molecule has 37 N–H and O–H groups in total. The number of guanidine groups is 3. The smallest absolute Gasteiger partial charge is 0.303 e. The molecule has 0 saturated carbocycles. The Labute approximate surface area is 802 Å². The lowest BCUT2D eigenvalue weighted by Gasteiger charge is -2.34. The van der Waals surface area contributed by atoms with Crippen LogP contribution in [0.25, 0.3) is 0 Å². The largest absolute Gasteiger partial charge is 0.481 e. The zero-order valence-electron chi connectivity index (χ0n) is 81.7. The summed E-state index contributed by atoms with van der Waals surface area (Å²) in [6, 6.07) is -20.1. The Morgan fingerprint density at radius 1 is 0.482 bits per heavy atom. The third-order valence-corrected chi connectivity index (χ3v) is 22.4. The number of nitrogens with zero attached hydrogens (tertiary/aromatic N) is 3. The molecule has 0 aromatic carbocycles. The number of hydrogen-bond donors (Lipinski definition) is 28. The lowest BCUT2D eigenvalue weighted by Crippen LogP contribution is -2.65. The number of amides is 17. The number of aliphatic hydroxyl groups excluding tert-OH is 2. The topological polar surface area (TPSA) is 832 Å². The number of carbonyl (C=O) groups excluding carboxylic acids is 17. The number of carboxylic acids is 1. The van der Waals surface area contributed by atoms with Crippen LogP contribution in [0.2, 0.25) is 0 Å². The van der Waals surface area contributed by atoms with Crippen molar-refractivity contribution in [2.45, 2.75) is 365 Å². The third-order valence-electron chi connectivity index (χ3n) is 22.4. The number of hydrogen-bond acceptors (Lipinski definition) is 25. The summed E-state index contributed by atoms with van der Waals surface area (Å²) in [5.74, 6) is -18.7. The van der Waals surface area contributed by atoms with E-state index in [9.17, 15) is 96.8 Å². The lowest BCUT2D eigenvalue weighted by molar-refractivity contribution is -0.139. The van der Waals surface area contributed by atoms with Crippen LogP contribution >= 0.6 is 0 Å². The van der Waals surface area contributed by atoms with Crippen molar-refractivity contribution < 1.29 is 102 Å². The third kappa shape index (κ3) is 50.0. The minimum absolute atomic E-state index is 0.0218. The van der Waals surface area contributed by atoms with Gasteiger partial charge in [-0.25, -0.2) is 0 Å². The molecule has 1 heterocycles. The van der Waals surface area contributed by atoms with Crippen LogP contribution in [-0.4, -0.2) is 281 Å². The van der Waals surface area contributed by atoms with Gasteiger partial charge in [-0.3, -0.25) is 101 Å². The van der Waals surface area contributed by atoms with E-state index in [1.54, 1.807) is 27.7 Å². The van der Waals surface area contributed by atoms with E-state index in [4.69, 9.17) is 51.6 Å². The van der Waals surface area contributed by atoms with Crippen LogP contribution < -0.4 is 137 Å². The number of carboxylic acid groups (broad SMARTS) is 1. The Morgan fingerprint density at radius 2 is 0.942 bits per heavy atom. The van der Waals surface area contributed by atoms with Gasteiger partial charge in [0.25, 0.3) is 0 Å². The fraction of sp³-hybridized carbons (Fsp3) is 0.739. The van der Waals surface area contributed by atoms with Crippen molar-refractivity contribution in [1.29, 1.82) is 0 Å². The number of unbranched alkanes of at least 4 members (excludes halogenated alkanes) is 3. The van der Waals surface area contributed by atoms with Gasteiger partial charge < -0.3 is 152 Å². The van der Waals surface area contributed by atoms with Gasteiger partial charge in [-0.05, 0) is 201 Å². The van der Waals surface area contributed by atoms with E-state index in [-0.39, 0.29) is 178 Å². The fourth-order valence-corrected chi connectivity index (χ4v) is 14.4. The molecule has 1 aliphatic heterocycles. The van der Waals surface area contributed by atoms with E-state index in [0.717, 1.165) is 13.8 Å². The molecule has 0 fully saturated rings. The molecule has 137 heavy (non-hydrogen) atoms. The number of aliphatic hydroxyl groups is 2. The molecule has 0 spiro atoms. The molecular formula is C88H160N28O21. The number of nitrogens with one attached hydrogen (secondary N) is 16. The first-order valence-electron chi connectivity index (χ1n) is 47.3. The summed E-state index contributed by atoms with van der Waals surface area (Å²) in [5.41, 5.74) is 47.2. The maximum Gasteiger partial charge on any atom is 0.303 e. The highest BCUT2D eigenvalue weighted by atomic mass is 16.4. The molecule has 778 valence electrons. The van der Waals surface area contributed by atoms with Crippen LogP contribution in [-0.2, 0) is 86.3 Å². The molecule has 1 rings (SSSR count). The molecule has 0 saturated heterocycles. The molecule has 0 radical (unpaired) electrons. The van der Waals surface area contributed by atoms with Crippen LogP contribution in [0.5, 0.6) is 0 Å². The SMILES string of the molecule is CCCC[C@H](NC(=O)[C@H](CCC(=O)O)NC(=O)[C@H](CCCN=C(N)N)NC(=O)[C@@H](NC(=O)[C@H](CCCCN)NC(=O)[C@H](C)NC(=O)[C@]1(C)CCC/C=C\CCCCCC[C@](C)(NC(=O)CCNC(C)=O)C(=O)N[C@@H](CCCCN)C(=O)N[C@@H](C(C)C)C(=O)N[C@@H](C)C(=O)N[C@@H](CCCN=C(N)N)C(=O)N[C@@H](CCCN=C(N)N)C(=O)N[C@@H]([C@@H](C)O)C(=O)N1)C(C)O)C(=O)N[C@@H](CC(C)C)C(N)=O. The number of aliphatic imine (C=N–C) groups is 3. The van der Waals surface area contributed by atoms with E-state index in [1.165, 1.54) is 34.6 Å². The predicted octanol–water partition coefficient (Wildman–Crippen LogP) is -5.89. The van der Waals surface area contributed by atoms with Crippen molar-refractivity contribution in [1.82, 2.24) is 85.1 Å². The second-order valence-electron chi connectivity index (χ2n) is 35.8. The number of allylic oxidation sites excluding steroid dienone is 2. The Kier molecular flexibility index (Phi) is 58.8. The van der Waals surface area contributed by atoms with E-state index < -0.39 is 221 Å². The molecule has 49 heteroatoms. The second kappa shape index (κ2) is 65.6. The first-order valence-corrected chi connectivity index (χ1v) is 47.3. The monoisotopic (exact) mass is 1950 g/mol. The van der Waals surface area contributed by atoms with Crippen LogP contribution in [0.15, 0.2) is 27.1 Å². The maximum absolute atomic E-state index is 15.1. The molecule has 1 unspecified atom stereocenters. The molecule has 0 aromatic rings. The van der Waals surface area contributed by atoms with Gasteiger partial charge in [-0.15, -0.1) is 0 Å². The van der Waals surface area contributed by atoms with E-state index in [1.807, 2.05) is 19.1 Å².